The summed E-state index contributed by atoms with van der Waals surface area (Å²) >= 11 is 7.57. The van der Waals surface area contributed by atoms with Gasteiger partial charge >= 0.3 is 0 Å². The molecule has 4 rings (SSSR count). The zero-order valence-corrected chi connectivity index (χ0v) is 14.7. The van der Waals surface area contributed by atoms with E-state index < -0.39 is 0 Å². The van der Waals surface area contributed by atoms with Crippen LogP contribution in [0.5, 0.6) is 0 Å². The molecule has 4 aromatic rings. The molecule has 0 amide bonds. The molecule has 0 N–H and O–H groups in total. The number of hydrogen-bond acceptors (Lipinski definition) is 5. The van der Waals surface area contributed by atoms with Crippen molar-refractivity contribution in [3.05, 3.63) is 53.6 Å². The fraction of sp³-hybridized carbons (Fsp3) is 0.118. The van der Waals surface area contributed by atoms with Gasteiger partial charge in [-0.1, -0.05) is 35.1 Å². The van der Waals surface area contributed by atoms with Gasteiger partial charge in [-0.15, -0.1) is 10.2 Å². The summed E-state index contributed by atoms with van der Waals surface area (Å²) in [5.74, 6) is 0.736. The van der Waals surface area contributed by atoms with Crippen LogP contribution in [-0.2, 0) is 0 Å². The van der Waals surface area contributed by atoms with Gasteiger partial charge in [0.15, 0.2) is 5.82 Å². The van der Waals surface area contributed by atoms with Crippen LogP contribution >= 0.6 is 22.9 Å². The van der Waals surface area contributed by atoms with Crippen molar-refractivity contribution in [3.8, 4) is 22.0 Å². The van der Waals surface area contributed by atoms with Gasteiger partial charge in [-0.2, -0.15) is 9.61 Å². The molecular weight excluding hydrogens is 342 g/mol. The van der Waals surface area contributed by atoms with Crippen molar-refractivity contribution < 1.29 is 0 Å². The minimum atomic E-state index is 0.693. The summed E-state index contributed by atoms with van der Waals surface area (Å²) in [6.07, 6.45) is 0. The number of fused-ring (bicyclic) bond motifs is 1. The second-order valence-electron chi connectivity index (χ2n) is 5.58. The topological polar surface area (TPSA) is 46.3 Å². The zero-order valence-electron chi connectivity index (χ0n) is 13.1. The molecule has 7 heteroatoms. The van der Waals surface area contributed by atoms with Gasteiger partial charge in [-0.05, 0) is 36.4 Å². The van der Waals surface area contributed by atoms with E-state index in [0.717, 1.165) is 32.6 Å². The third kappa shape index (κ3) is 2.64. The van der Waals surface area contributed by atoms with Gasteiger partial charge in [-0.3, -0.25) is 0 Å². The number of halogens is 1. The molecule has 0 atom stereocenters. The van der Waals surface area contributed by atoms with Crippen molar-refractivity contribution in [2.75, 3.05) is 19.0 Å². The summed E-state index contributed by atoms with van der Waals surface area (Å²) in [7, 11) is 4.03. The molecule has 0 spiro atoms. The van der Waals surface area contributed by atoms with E-state index >= 15 is 0 Å². The first kappa shape index (κ1) is 15.1. The van der Waals surface area contributed by atoms with Crippen LogP contribution in [0.15, 0.2) is 48.5 Å². The van der Waals surface area contributed by atoms with Gasteiger partial charge in [0.25, 0.3) is 0 Å². The standard InChI is InChI=1S/C17H14ClN5S/c1-22(2)14-8-6-11(7-9-14)15-19-20-17-23(15)21-16(24-17)12-4-3-5-13(18)10-12/h3-10H,1-2H3. The fourth-order valence-electron chi connectivity index (χ4n) is 2.44. The lowest BCUT2D eigenvalue weighted by molar-refractivity contribution is 0.970. The van der Waals surface area contributed by atoms with E-state index in [9.17, 15) is 0 Å². The van der Waals surface area contributed by atoms with Gasteiger partial charge in [0.1, 0.15) is 5.01 Å². The summed E-state index contributed by atoms with van der Waals surface area (Å²) in [6, 6.07) is 15.8. The molecular formula is C17H14ClN5S. The fourth-order valence-corrected chi connectivity index (χ4v) is 3.47. The summed E-state index contributed by atoms with van der Waals surface area (Å²) in [4.78, 5) is 2.82. The highest BCUT2D eigenvalue weighted by molar-refractivity contribution is 7.19. The SMILES string of the molecule is CN(C)c1ccc(-c2nnc3sc(-c4cccc(Cl)c4)nn23)cc1. The highest BCUT2D eigenvalue weighted by atomic mass is 35.5. The Balaban J connectivity index is 1.77. The molecule has 5 nitrogen and oxygen atoms in total. The second-order valence-corrected chi connectivity index (χ2v) is 6.97. The molecule has 0 aliphatic rings. The van der Waals surface area contributed by atoms with Crippen molar-refractivity contribution in [1.82, 2.24) is 19.8 Å². The average Bonchev–Trinajstić information content (AvgIpc) is 3.15. The lowest BCUT2D eigenvalue weighted by atomic mass is 10.2. The van der Waals surface area contributed by atoms with Crippen molar-refractivity contribution >= 4 is 33.6 Å². The minimum absolute atomic E-state index is 0.693. The van der Waals surface area contributed by atoms with E-state index in [4.69, 9.17) is 11.6 Å². The van der Waals surface area contributed by atoms with Crippen LogP contribution in [-0.4, -0.2) is 33.9 Å². The first-order valence-corrected chi connectivity index (χ1v) is 8.57. The minimum Gasteiger partial charge on any atom is -0.378 e. The Morgan fingerprint density at radius 2 is 1.79 bits per heavy atom. The molecule has 0 radical (unpaired) electrons. The van der Waals surface area contributed by atoms with E-state index in [-0.39, 0.29) is 0 Å². The van der Waals surface area contributed by atoms with Crippen molar-refractivity contribution in [1.29, 1.82) is 0 Å². The van der Waals surface area contributed by atoms with Crippen molar-refractivity contribution in [2.24, 2.45) is 0 Å². The molecule has 0 bridgehead atoms. The molecule has 0 saturated carbocycles. The number of rotatable bonds is 3. The Morgan fingerprint density at radius 3 is 2.50 bits per heavy atom. The third-order valence-electron chi connectivity index (χ3n) is 3.70. The number of nitrogens with zero attached hydrogens (tertiary/aromatic N) is 5. The number of benzene rings is 2. The summed E-state index contributed by atoms with van der Waals surface area (Å²) in [6.45, 7) is 0. The Hall–Kier alpha value is -2.44. The monoisotopic (exact) mass is 355 g/mol. The normalized spacial score (nSPS) is 11.1. The van der Waals surface area contributed by atoms with Crippen LogP contribution in [0.25, 0.3) is 26.9 Å². The summed E-state index contributed by atoms with van der Waals surface area (Å²) in [5, 5.41) is 14.7. The van der Waals surface area contributed by atoms with Crippen LogP contribution in [0.2, 0.25) is 5.02 Å². The smallest absolute Gasteiger partial charge is 0.235 e. The largest absolute Gasteiger partial charge is 0.378 e. The lowest BCUT2D eigenvalue weighted by Crippen LogP contribution is -2.08. The predicted octanol–water partition coefficient (Wildman–Crippen LogP) is 4.24. The van der Waals surface area contributed by atoms with Crippen LogP contribution in [0.3, 0.4) is 0 Å². The van der Waals surface area contributed by atoms with Crippen LogP contribution in [0.1, 0.15) is 0 Å². The van der Waals surface area contributed by atoms with E-state index in [1.165, 1.54) is 11.3 Å². The maximum atomic E-state index is 6.07. The van der Waals surface area contributed by atoms with Crippen molar-refractivity contribution in [3.63, 3.8) is 0 Å². The predicted molar refractivity (Wildman–Crippen MR) is 98.9 cm³/mol. The molecule has 0 saturated heterocycles. The summed E-state index contributed by atoms with van der Waals surface area (Å²) < 4.78 is 1.78. The highest BCUT2D eigenvalue weighted by Gasteiger charge is 2.14. The maximum absolute atomic E-state index is 6.07. The lowest BCUT2D eigenvalue weighted by Gasteiger charge is -2.11. The molecule has 0 aliphatic heterocycles. The first-order chi connectivity index (χ1) is 11.6. The van der Waals surface area contributed by atoms with Gasteiger partial charge in [0.2, 0.25) is 4.96 Å². The van der Waals surface area contributed by atoms with E-state index in [0.29, 0.717) is 5.02 Å². The van der Waals surface area contributed by atoms with Gasteiger partial charge in [0, 0.05) is 35.9 Å². The second kappa shape index (κ2) is 5.89. The molecule has 2 aromatic carbocycles. The average molecular weight is 356 g/mol. The highest BCUT2D eigenvalue weighted by Crippen LogP contribution is 2.29. The molecule has 0 fully saturated rings. The van der Waals surface area contributed by atoms with Gasteiger partial charge < -0.3 is 4.90 Å². The van der Waals surface area contributed by atoms with Crippen LogP contribution in [0, 0.1) is 0 Å². The quantitative estimate of drug-likeness (QED) is 0.551. The Morgan fingerprint density at radius 1 is 1.00 bits per heavy atom. The Kier molecular flexibility index (Phi) is 3.70. The molecule has 2 heterocycles. The molecule has 2 aromatic heterocycles. The summed E-state index contributed by atoms with van der Waals surface area (Å²) in [5.41, 5.74) is 3.10. The molecule has 0 aliphatic carbocycles. The Labute approximate surface area is 148 Å². The number of anilines is 1. The van der Waals surface area contributed by atoms with Gasteiger partial charge in [-0.25, -0.2) is 0 Å². The molecule has 0 unspecified atom stereocenters. The van der Waals surface area contributed by atoms with E-state index in [1.54, 1.807) is 4.52 Å². The van der Waals surface area contributed by atoms with Crippen LogP contribution in [0.4, 0.5) is 5.69 Å². The van der Waals surface area contributed by atoms with Gasteiger partial charge in [0.05, 0.1) is 0 Å². The van der Waals surface area contributed by atoms with E-state index in [1.807, 2.05) is 50.5 Å². The zero-order chi connectivity index (χ0) is 16.7. The first-order valence-electron chi connectivity index (χ1n) is 7.38. The van der Waals surface area contributed by atoms with Crippen LogP contribution < -0.4 is 4.90 Å². The van der Waals surface area contributed by atoms with Crippen molar-refractivity contribution in [2.45, 2.75) is 0 Å². The number of hydrogen-bond donors (Lipinski definition) is 0. The molecule has 120 valence electrons. The maximum Gasteiger partial charge on any atom is 0.235 e. The number of aromatic nitrogens is 4. The molecule has 24 heavy (non-hydrogen) atoms. The third-order valence-corrected chi connectivity index (χ3v) is 4.89. The van der Waals surface area contributed by atoms with E-state index in [2.05, 4.69) is 32.3 Å². The Bertz CT molecular complexity index is 1000.